The number of fused-ring (bicyclic) bond motifs is 1. The third-order valence-electron chi connectivity index (χ3n) is 6.61. The van der Waals surface area contributed by atoms with E-state index < -0.39 is 48.7 Å². The molecule has 5 rings (SSSR count). The molecule has 258 valence electrons. The van der Waals surface area contributed by atoms with E-state index >= 15 is 0 Å². The molecule has 0 fully saturated rings. The van der Waals surface area contributed by atoms with Crippen LogP contribution in [0.2, 0.25) is 5.02 Å². The van der Waals surface area contributed by atoms with E-state index in [1.165, 1.54) is 36.7 Å². The van der Waals surface area contributed by atoms with Crippen molar-refractivity contribution in [2.75, 3.05) is 30.7 Å². The maximum absolute atomic E-state index is 13.7. The van der Waals surface area contributed by atoms with Crippen molar-refractivity contribution in [2.24, 2.45) is 0 Å². The van der Waals surface area contributed by atoms with Crippen molar-refractivity contribution in [3.8, 4) is 17.1 Å². The van der Waals surface area contributed by atoms with Crippen LogP contribution in [0.25, 0.3) is 22.2 Å². The van der Waals surface area contributed by atoms with Crippen LogP contribution in [0.15, 0.2) is 83.5 Å². The van der Waals surface area contributed by atoms with E-state index in [4.69, 9.17) is 23.5 Å². The molecule has 0 radical (unpaired) electrons. The standard InChI is InChI=1S/C31H29ClFN4O10PS.2Na/c1-49(42,43)12-11-37(31(38)45-19-46-48(39,40)41)16-24-7-10-28(47-24)21-5-8-27-25(14-21)30(35-18-34-27)36-23-6-9-29(26(32)15-23)44-17-20-3-2-4-22(33)13-20;;/h2-10,13-15,18H,11-12,16-17,19H2,1H3,(H,34,35,36)(H2,39,40,41);;/q;2*+1/p-2/i17D2;;. The molecule has 0 unspecified atom stereocenters. The van der Waals surface area contributed by atoms with E-state index in [-0.39, 0.29) is 94.3 Å². The Hall–Kier alpha value is -2.57. The number of nitrogens with zero attached hydrogens (tertiary/aromatic N) is 3. The Kier molecular flexibility index (Phi) is 14.7. The molecule has 20 heteroatoms. The largest absolute Gasteiger partial charge is 1.00 e. The van der Waals surface area contributed by atoms with Gasteiger partial charge in [-0.1, -0.05) is 23.7 Å². The minimum atomic E-state index is -5.41. The SMILES string of the molecule is [2H]C([2H])(Oc1ccc(Nc2ncnc3ccc(-c4ccc(CN(CCS(C)(=O)=O)C(=O)OCOP(=O)([O-])[O-])o4)cc23)cc1Cl)c1cccc(F)c1.[Na+].[Na+]. The second-order valence-corrected chi connectivity index (χ2v) is 14.2. The van der Waals surface area contributed by atoms with E-state index in [1.807, 2.05) is 0 Å². The van der Waals surface area contributed by atoms with Gasteiger partial charge in [0.15, 0.2) is 6.79 Å². The van der Waals surface area contributed by atoms with Gasteiger partial charge in [-0.15, -0.1) is 0 Å². The molecule has 0 bridgehead atoms. The molecule has 0 aliphatic carbocycles. The zero-order valence-electron chi connectivity index (χ0n) is 29.4. The molecule has 1 amide bonds. The predicted molar refractivity (Wildman–Crippen MR) is 173 cm³/mol. The number of carbonyl (C=O) groups is 1. The summed E-state index contributed by atoms with van der Waals surface area (Å²) < 4.78 is 84.3. The van der Waals surface area contributed by atoms with Crippen LogP contribution < -0.4 is 79.0 Å². The number of benzene rings is 3. The van der Waals surface area contributed by atoms with Crippen LogP contribution in [-0.2, 0) is 36.8 Å². The number of furan rings is 1. The van der Waals surface area contributed by atoms with Crippen LogP contribution >= 0.6 is 19.4 Å². The number of hydrogen-bond acceptors (Lipinski definition) is 13. The number of hydrogen-bond donors (Lipinski definition) is 1. The fourth-order valence-corrected chi connectivity index (χ4v) is 5.28. The molecule has 51 heavy (non-hydrogen) atoms. The smallest absolute Gasteiger partial charge is 0.790 e. The fraction of sp³-hybridized carbons (Fsp3) is 0.194. The molecule has 5 aromatic rings. The summed E-state index contributed by atoms with van der Waals surface area (Å²) in [6.07, 6.45) is 1.18. The fourth-order valence-electron chi connectivity index (χ4n) is 4.32. The molecule has 0 atom stereocenters. The van der Waals surface area contributed by atoms with E-state index in [0.717, 1.165) is 17.2 Å². The van der Waals surface area contributed by atoms with Crippen molar-refractivity contribution in [1.29, 1.82) is 0 Å². The molecule has 0 saturated heterocycles. The Bertz CT molecular complexity index is 2240. The van der Waals surface area contributed by atoms with Gasteiger partial charge >= 0.3 is 65.2 Å². The molecule has 2 heterocycles. The number of nitrogens with one attached hydrogen (secondary N) is 1. The third kappa shape index (κ3) is 13.1. The van der Waals surface area contributed by atoms with Crippen LogP contribution in [0.1, 0.15) is 14.1 Å². The first-order valence-electron chi connectivity index (χ1n) is 15.1. The van der Waals surface area contributed by atoms with Crippen molar-refractivity contribution in [3.63, 3.8) is 0 Å². The molecular formula is C31H27ClFN4Na2O10PS. The van der Waals surface area contributed by atoms with E-state index in [2.05, 4.69) is 24.5 Å². The van der Waals surface area contributed by atoms with Crippen LogP contribution in [0.5, 0.6) is 5.75 Å². The van der Waals surface area contributed by atoms with Gasteiger partial charge in [0.2, 0.25) is 0 Å². The molecule has 0 aliphatic heterocycles. The van der Waals surface area contributed by atoms with Gasteiger partial charge < -0.3 is 38.1 Å². The summed E-state index contributed by atoms with van der Waals surface area (Å²) in [7, 11) is -8.92. The second-order valence-electron chi connectivity index (χ2n) is 10.4. The molecule has 3 aromatic carbocycles. The number of rotatable bonds is 14. The maximum Gasteiger partial charge on any atom is 1.00 e. The average Bonchev–Trinajstić information content (AvgIpc) is 3.52. The van der Waals surface area contributed by atoms with Gasteiger partial charge in [0, 0.05) is 29.4 Å². The topological polar surface area (TPSA) is 196 Å². The van der Waals surface area contributed by atoms with Crippen molar-refractivity contribution in [3.05, 3.63) is 101 Å². The number of amides is 1. The van der Waals surface area contributed by atoms with Gasteiger partial charge in [-0.2, -0.15) is 0 Å². The van der Waals surface area contributed by atoms with Crippen LogP contribution in [-0.4, -0.2) is 54.7 Å². The van der Waals surface area contributed by atoms with Crippen LogP contribution in [0, 0.1) is 5.82 Å². The summed E-state index contributed by atoms with van der Waals surface area (Å²) in [5.41, 5.74) is 1.59. The number of phosphoric ester groups is 1. The Labute approximate surface area is 344 Å². The first-order valence-corrected chi connectivity index (χ1v) is 18.0. The number of phosphoric acid groups is 1. The Morgan fingerprint density at radius 3 is 2.59 bits per heavy atom. The number of halogens is 2. The van der Waals surface area contributed by atoms with Gasteiger partial charge in [-0.05, 0) is 66.2 Å². The minimum Gasteiger partial charge on any atom is -0.790 e. The minimum absolute atomic E-state index is 0. The van der Waals surface area contributed by atoms with E-state index in [1.54, 1.807) is 36.4 Å². The number of aromatic nitrogens is 2. The molecule has 0 aliphatic rings. The van der Waals surface area contributed by atoms with Crippen molar-refractivity contribution >= 4 is 57.8 Å². The van der Waals surface area contributed by atoms with Gasteiger partial charge in [0.1, 0.15) is 51.6 Å². The summed E-state index contributed by atoms with van der Waals surface area (Å²) in [6, 6.07) is 17.9. The maximum atomic E-state index is 13.7. The van der Waals surface area contributed by atoms with Gasteiger partial charge in [-0.25, -0.2) is 27.6 Å². The zero-order chi connectivity index (χ0) is 37.0. The predicted octanol–water partition coefficient (Wildman–Crippen LogP) is -1.20. The summed E-state index contributed by atoms with van der Waals surface area (Å²) in [6.45, 7) is -4.16. The molecule has 0 saturated carbocycles. The normalized spacial score (nSPS) is 12.2. The van der Waals surface area contributed by atoms with Gasteiger partial charge in [0.05, 0.1) is 33.4 Å². The number of ether oxygens (including phenoxy) is 2. The Balaban J connectivity index is 0.00000378. The summed E-state index contributed by atoms with van der Waals surface area (Å²) >= 11 is 6.43. The molecular weight excluding hydrogens is 752 g/mol. The van der Waals surface area contributed by atoms with Crippen molar-refractivity contribution < 1.29 is 112 Å². The van der Waals surface area contributed by atoms with E-state index in [9.17, 15) is 32.0 Å². The summed E-state index contributed by atoms with van der Waals surface area (Å²) in [4.78, 5) is 43.5. The molecule has 14 nitrogen and oxygen atoms in total. The second kappa shape index (κ2) is 19.0. The number of anilines is 2. The average molecular weight is 781 g/mol. The Morgan fingerprint density at radius 1 is 1.10 bits per heavy atom. The van der Waals surface area contributed by atoms with Crippen LogP contribution in [0.4, 0.5) is 20.7 Å². The summed E-state index contributed by atoms with van der Waals surface area (Å²) in [5, 5.41) is 3.79. The molecule has 2 aromatic heterocycles. The molecule has 1 N–H and O–H groups in total. The number of carbonyl (C=O) groups excluding carboxylic acids is 1. The molecule has 0 spiro atoms. The van der Waals surface area contributed by atoms with Crippen molar-refractivity contribution in [1.82, 2.24) is 14.9 Å². The van der Waals surface area contributed by atoms with E-state index in [0.29, 0.717) is 33.7 Å². The Morgan fingerprint density at radius 2 is 1.88 bits per heavy atom. The first kappa shape index (κ1) is 39.6. The summed E-state index contributed by atoms with van der Waals surface area (Å²) in [5.74, 6) is -0.0765. The third-order valence-corrected chi connectivity index (χ3v) is 8.25. The van der Waals surface area contributed by atoms with Gasteiger partial charge in [0.25, 0.3) is 0 Å². The monoisotopic (exact) mass is 780 g/mol. The number of sulfone groups is 1. The first-order chi connectivity index (χ1) is 24.0. The van der Waals surface area contributed by atoms with Gasteiger partial charge in [-0.3, -0.25) is 4.90 Å². The van der Waals surface area contributed by atoms with Crippen LogP contribution in [0.3, 0.4) is 0 Å². The zero-order valence-corrected chi connectivity index (χ0v) is 33.8. The van der Waals surface area contributed by atoms with Crippen molar-refractivity contribution in [2.45, 2.75) is 13.1 Å². The quantitative estimate of drug-likeness (QED) is 0.0803.